The summed E-state index contributed by atoms with van der Waals surface area (Å²) in [6, 6.07) is 0. The van der Waals surface area contributed by atoms with Crippen molar-refractivity contribution in [2.45, 2.75) is 58.9 Å². The average Bonchev–Trinajstić information content (AvgIpc) is 2.72. The maximum atomic E-state index is 4.56. The van der Waals surface area contributed by atoms with Gasteiger partial charge >= 0.3 is 0 Å². The summed E-state index contributed by atoms with van der Waals surface area (Å²) in [6.07, 6.45) is 5.08. The number of hydrogen-bond donors (Lipinski definition) is 2. The Morgan fingerprint density at radius 2 is 1.72 bits per heavy atom. The maximum Gasteiger partial charge on any atom is 0.135 e. The van der Waals surface area contributed by atoms with E-state index in [2.05, 4.69) is 41.4 Å². The van der Waals surface area contributed by atoms with E-state index in [9.17, 15) is 0 Å². The molecule has 1 aromatic rings. The maximum absolute atomic E-state index is 4.56. The average molecular weight is 248 g/mol. The van der Waals surface area contributed by atoms with Gasteiger partial charge in [0, 0.05) is 17.6 Å². The molecule has 0 atom stereocenters. The minimum absolute atomic E-state index is 0.203. The summed E-state index contributed by atoms with van der Waals surface area (Å²) in [7, 11) is 0. The fourth-order valence-corrected chi connectivity index (χ4v) is 2.66. The van der Waals surface area contributed by atoms with Crippen LogP contribution in [0.3, 0.4) is 0 Å². The third-order valence-electron chi connectivity index (χ3n) is 3.73. The largest absolute Gasteiger partial charge is 0.370 e. The van der Waals surface area contributed by atoms with Crippen LogP contribution in [0.4, 0.5) is 11.6 Å². The van der Waals surface area contributed by atoms with Crippen molar-refractivity contribution >= 4 is 11.6 Å². The summed E-state index contributed by atoms with van der Waals surface area (Å²) in [6.45, 7) is 9.29. The predicted octanol–water partition coefficient (Wildman–Crippen LogP) is 3.27. The summed E-state index contributed by atoms with van der Waals surface area (Å²) >= 11 is 0. The highest BCUT2D eigenvalue weighted by Gasteiger charge is 2.29. The van der Waals surface area contributed by atoms with Crippen LogP contribution in [0.25, 0.3) is 0 Å². The number of rotatable bonds is 4. The van der Waals surface area contributed by atoms with Gasteiger partial charge in [-0.1, -0.05) is 12.8 Å². The predicted molar refractivity (Wildman–Crippen MR) is 76.2 cm³/mol. The molecule has 1 aliphatic carbocycles. The molecular formula is C14H24N4. The van der Waals surface area contributed by atoms with Gasteiger partial charge in [0.15, 0.2) is 0 Å². The van der Waals surface area contributed by atoms with E-state index in [-0.39, 0.29) is 5.54 Å². The van der Waals surface area contributed by atoms with Gasteiger partial charge in [-0.3, -0.25) is 0 Å². The molecule has 0 aliphatic heterocycles. The molecule has 0 amide bonds. The van der Waals surface area contributed by atoms with Crippen molar-refractivity contribution in [2.24, 2.45) is 0 Å². The minimum atomic E-state index is 0.203. The lowest BCUT2D eigenvalue weighted by atomic mass is 10.0. The molecule has 18 heavy (non-hydrogen) atoms. The topological polar surface area (TPSA) is 49.8 Å². The Morgan fingerprint density at radius 1 is 1.11 bits per heavy atom. The van der Waals surface area contributed by atoms with Crippen LogP contribution in [0, 0.1) is 13.8 Å². The van der Waals surface area contributed by atoms with Gasteiger partial charge in [-0.15, -0.1) is 0 Å². The Morgan fingerprint density at radius 3 is 2.33 bits per heavy atom. The first-order valence-corrected chi connectivity index (χ1v) is 6.91. The van der Waals surface area contributed by atoms with Crippen molar-refractivity contribution in [2.75, 3.05) is 17.2 Å². The number of nitrogens with one attached hydrogen (secondary N) is 2. The molecule has 0 radical (unpaired) electrons. The van der Waals surface area contributed by atoms with Crippen LogP contribution in [0.5, 0.6) is 0 Å². The van der Waals surface area contributed by atoms with Crippen molar-refractivity contribution < 1.29 is 0 Å². The molecule has 2 rings (SSSR count). The molecule has 1 aromatic heterocycles. The van der Waals surface area contributed by atoms with E-state index >= 15 is 0 Å². The summed E-state index contributed by atoms with van der Waals surface area (Å²) < 4.78 is 0. The quantitative estimate of drug-likeness (QED) is 0.858. The van der Waals surface area contributed by atoms with E-state index in [4.69, 9.17) is 0 Å². The fourth-order valence-electron chi connectivity index (χ4n) is 2.66. The number of hydrogen-bond acceptors (Lipinski definition) is 4. The van der Waals surface area contributed by atoms with E-state index < -0.39 is 0 Å². The van der Waals surface area contributed by atoms with Crippen LogP contribution in [0.15, 0.2) is 0 Å². The number of aromatic nitrogens is 2. The Labute approximate surface area is 110 Å². The van der Waals surface area contributed by atoms with E-state index in [0.717, 1.165) is 29.6 Å². The van der Waals surface area contributed by atoms with Crippen molar-refractivity contribution in [3.8, 4) is 0 Å². The SMILES string of the molecule is CCNc1nc(C)nc(NC2(C)CCCC2)c1C. The van der Waals surface area contributed by atoms with E-state index in [1.165, 1.54) is 25.7 Å². The van der Waals surface area contributed by atoms with Crippen LogP contribution < -0.4 is 10.6 Å². The van der Waals surface area contributed by atoms with Crippen molar-refractivity contribution in [3.05, 3.63) is 11.4 Å². The Bertz CT molecular complexity index is 422. The standard InChI is InChI=1S/C14H24N4/c1-5-15-12-10(2)13(17-11(3)16-12)18-14(4)8-6-7-9-14/h5-9H2,1-4H3,(H2,15,16,17,18). The summed E-state index contributed by atoms with van der Waals surface area (Å²) in [5.74, 6) is 2.76. The molecular weight excluding hydrogens is 224 g/mol. The van der Waals surface area contributed by atoms with Gasteiger partial charge in [-0.25, -0.2) is 9.97 Å². The molecule has 0 bridgehead atoms. The molecule has 0 unspecified atom stereocenters. The lowest BCUT2D eigenvalue weighted by Gasteiger charge is -2.27. The third kappa shape index (κ3) is 2.74. The second-order valence-corrected chi connectivity index (χ2v) is 5.52. The van der Waals surface area contributed by atoms with Gasteiger partial charge in [0.05, 0.1) is 0 Å². The van der Waals surface area contributed by atoms with Crippen molar-refractivity contribution in [1.29, 1.82) is 0 Å². The van der Waals surface area contributed by atoms with Gasteiger partial charge in [0.25, 0.3) is 0 Å². The zero-order valence-electron chi connectivity index (χ0n) is 11.9. The second-order valence-electron chi connectivity index (χ2n) is 5.52. The Hall–Kier alpha value is -1.32. The van der Waals surface area contributed by atoms with Gasteiger partial charge in [-0.2, -0.15) is 0 Å². The number of anilines is 2. The lowest BCUT2D eigenvalue weighted by molar-refractivity contribution is 0.530. The smallest absolute Gasteiger partial charge is 0.135 e. The molecule has 0 spiro atoms. The van der Waals surface area contributed by atoms with Crippen molar-refractivity contribution in [1.82, 2.24) is 9.97 Å². The number of nitrogens with zero attached hydrogens (tertiary/aromatic N) is 2. The minimum Gasteiger partial charge on any atom is -0.370 e. The molecule has 1 heterocycles. The van der Waals surface area contributed by atoms with Crippen LogP contribution in [-0.2, 0) is 0 Å². The van der Waals surface area contributed by atoms with Gasteiger partial charge in [0.1, 0.15) is 17.5 Å². The summed E-state index contributed by atoms with van der Waals surface area (Å²) in [5.41, 5.74) is 1.32. The first-order chi connectivity index (χ1) is 8.54. The van der Waals surface area contributed by atoms with Crippen LogP contribution in [0.2, 0.25) is 0 Å². The Balaban J connectivity index is 2.26. The fraction of sp³-hybridized carbons (Fsp3) is 0.714. The van der Waals surface area contributed by atoms with E-state index in [1.807, 2.05) is 6.92 Å². The first-order valence-electron chi connectivity index (χ1n) is 6.91. The van der Waals surface area contributed by atoms with E-state index in [1.54, 1.807) is 0 Å². The normalized spacial score (nSPS) is 17.8. The summed E-state index contributed by atoms with van der Waals surface area (Å²) in [4.78, 5) is 9.02. The summed E-state index contributed by atoms with van der Waals surface area (Å²) in [5, 5.41) is 6.94. The molecule has 1 aliphatic rings. The monoisotopic (exact) mass is 248 g/mol. The molecule has 1 fully saturated rings. The highest BCUT2D eigenvalue weighted by Crippen LogP contribution is 2.33. The third-order valence-corrected chi connectivity index (χ3v) is 3.73. The van der Waals surface area contributed by atoms with Gasteiger partial charge in [-0.05, 0) is 40.5 Å². The molecule has 4 heteroatoms. The molecule has 0 saturated heterocycles. The highest BCUT2D eigenvalue weighted by atomic mass is 15.1. The van der Waals surface area contributed by atoms with Gasteiger partial charge < -0.3 is 10.6 Å². The Kier molecular flexibility index (Phi) is 3.73. The molecule has 100 valence electrons. The first kappa shape index (κ1) is 13.1. The molecule has 0 aromatic carbocycles. The van der Waals surface area contributed by atoms with Crippen LogP contribution >= 0.6 is 0 Å². The van der Waals surface area contributed by atoms with Crippen LogP contribution in [-0.4, -0.2) is 22.1 Å². The van der Waals surface area contributed by atoms with Crippen molar-refractivity contribution in [3.63, 3.8) is 0 Å². The lowest BCUT2D eigenvalue weighted by Crippen LogP contribution is -2.32. The molecule has 4 nitrogen and oxygen atoms in total. The van der Waals surface area contributed by atoms with E-state index in [0.29, 0.717) is 0 Å². The molecule has 1 saturated carbocycles. The highest BCUT2D eigenvalue weighted by molar-refractivity contribution is 5.58. The van der Waals surface area contributed by atoms with Crippen LogP contribution in [0.1, 0.15) is 50.9 Å². The zero-order valence-corrected chi connectivity index (χ0v) is 11.9. The number of aryl methyl sites for hydroxylation is 1. The van der Waals surface area contributed by atoms with Gasteiger partial charge in [0.2, 0.25) is 0 Å². The second kappa shape index (κ2) is 5.12. The molecule has 2 N–H and O–H groups in total. The zero-order chi connectivity index (χ0) is 13.2.